The molecule has 0 spiro atoms. The first-order valence-corrected chi connectivity index (χ1v) is 3.57. The Morgan fingerprint density at radius 1 is 1.80 bits per heavy atom. The molecule has 0 aliphatic heterocycles. The van der Waals surface area contributed by atoms with E-state index in [9.17, 15) is 4.79 Å². The van der Waals surface area contributed by atoms with Gasteiger partial charge in [-0.2, -0.15) is 0 Å². The van der Waals surface area contributed by atoms with Crippen molar-refractivity contribution in [1.82, 2.24) is 0 Å². The van der Waals surface area contributed by atoms with Crippen LogP contribution in [0.5, 0.6) is 0 Å². The van der Waals surface area contributed by atoms with Crippen LogP contribution in [0.4, 0.5) is 0 Å². The Morgan fingerprint density at radius 2 is 2.50 bits per heavy atom. The molecule has 0 aromatic carbocycles. The highest BCUT2D eigenvalue weighted by Crippen LogP contribution is 2.64. The van der Waals surface area contributed by atoms with E-state index in [1.807, 2.05) is 13.0 Å². The van der Waals surface area contributed by atoms with Crippen molar-refractivity contribution in [3.63, 3.8) is 0 Å². The monoisotopic (exact) mass is 138 g/mol. The smallest absolute Gasteiger partial charge is 0.310 e. The van der Waals surface area contributed by atoms with Gasteiger partial charge in [0.15, 0.2) is 0 Å². The van der Waals surface area contributed by atoms with Crippen LogP contribution < -0.4 is 0 Å². The normalized spacial score (nSPS) is 48.9. The third kappa shape index (κ3) is 0.437. The number of carbonyl (C=O) groups is 1. The fraction of sp³-hybridized carbons (Fsp3) is 0.625. The molecule has 0 aromatic heterocycles. The van der Waals surface area contributed by atoms with E-state index in [0.29, 0.717) is 11.8 Å². The summed E-state index contributed by atoms with van der Waals surface area (Å²) >= 11 is 0. The van der Waals surface area contributed by atoms with E-state index in [2.05, 4.69) is 6.08 Å². The first kappa shape index (κ1) is 5.96. The van der Waals surface area contributed by atoms with Gasteiger partial charge < -0.3 is 5.11 Å². The molecule has 0 saturated heterocycles. The van der Waals surface area contributed by atoms with E-state index in [0.717, 1.165) is 6.42 Å². The number of hydrogen-bond donors (Lipinski definition) is 1. The van der Waals surface area contributed by atoms with Crippen molar-refractivity contribution in [2.75, 3.05) is 0 Å². The summed E-state index contributed by atoms with van der Waals surface area (Å²) in [5.74, 6) is 0.113. The molecule has 1 fully saturated rings. The lowest BCUT2D eigenvalue weighted by molar-refractivity contribution is -0.143. The van der Waals surface area contributed by atoms with Crippen LogP contribution in [-0.4, -0.2) is 11.1 Å². The van der Waals surface area contributed by atoms with Gasteiger partial charge in [0, 0.05) is 0 Å². The molecule has 2 aliphatic rings. The van der Waals surface area contributed by atoms with Crippen molar-refractivity contribution in [2.24, 2.45) is 17.3 Å². The molecule has 0 bridgehead atoms. The molecule has 2 heteroatoms. The van der Waals surface area contributed by atoms with Crippen LogP contribution in [0.1, 0.15) is 13.3 Å². The van der Waals surface area contributed by atoms with Gasteiger partial charge in [0.05, 0.1) is 5.41 Å². The Kier molecular flexibility index (Phi) is 0.858. The first-order chi connectivity index (χ1) is 4.67. The predicted octanol–water partition coefficient (Wildman–Crippen LogP) is 1.28. The van der Waals surface area contributed by atoms with Crippen LogP contribution in [0.2, 0.25) is 0 Å². The molecule has 0 heterocycles. The lowest BCUT2D eigenvalue weighted by Gasteiger charge is -2.04. The van der Waals surface area contributed by atoms with Gasteiger partial charge >= 0.3 is 5.97 Å². The van der Waals surface area contributed by atoms with Crippen LogP contribution >= 0.6 is 0 Å². The molecule has 1 saturated carbocycles. The van der Waals surface area contributed by atoms with Gasteiger partial charge in [-0.15, -0.1) is 0 Å². The van der Waals surface area contributed by atoms with Crippen LogP contribution in [0.3, 0.4) is 0 Å². The number of allylic oxidation sites excluding steroid dienone is 2. The van der Waals surface area contributed by atoms with Gasteiger partial charge in [-0.3, -0.25) is 4.79 Å². The van der Waals surface area contributed by atoms with Crippen molar-refractivity contribution >= 4 is 5.97 Å². The van der Waals surface area contributed by atoms with Crippen LogP contribution in [-0.2, 0) is 4.79 Å². The summed E-state index contributed by atoms with van der Waals surface area (Å²) in [4.78, 5) is 10.7. The van der Waals surface area contributed by atoms with Crippen LogP contribution in [0, 0.1) is 17.3 Å². The highest BCUT2D eigenvalue weighted by atomic mass is 16.4. The molecule has 2 nitrogen and oxygen atoms in total. The largest absolute Gasteiger partial charge is 0.481 e. The van der Waals surface area contributed by atoms with Gasteiger partial charge in [-0.05, 0) is 25.2 Å². The second-order valence-electron chi connectivity index (χ2n) is 3.38. The zero-order valence-corrected chi connectivity index (χ0v) is 5.87. The van der Waals surface area contributed by atoms with Gasteiger partial charge in [0.25, 0.3) is 0 Å². The lowest BCUT2D eigenvalue weighted by Crippen LogP contribution is -2.15. The Labute approximate surface area is 59.5 Å². The van der Waals surface area contributed by atoms with Gasteiger partial charge in [-0.25, -0.2) is 0 Å². The summed E-state index contributed by atoms with van der Waals surface area (Å²) < 4.78 is 0. The summed E-state index contributed by atoms with van der Waals surface area (Å²) in [6.45, 7) is 1.84. The standard InChI is InChI=1S/C8H10O2/c1-8(7(9)10)5-3-2-4-6(5)8/h2-3,5-6H,4H2,1H3,(H,9,10)/t5-,6+,8-/m1/s1. The van der Waals surface area contributed by atoms with Crippen LogP contribution in [0.25, 0.3) is 0 Å². The van der Waals surface area contributed by atoms with Crippen molar-refractivity contribution in [2.45, 2.75) is 13.3 Å². The summed E-state index contributed by atoms with van der Waals surface area (Å²) in [6.07, 6.45) is 5.09. The van der Waals surface area contributed by atoms with Gasteiger partial charge in [-0.1, -0.05) is 12.2 Å². The maximum absolute atomic E-state index is 10.7. The molecule has 54 valence electrons. The molecule has 1 N–H and O–H groups in total. The minimum Gasteiger partial charge on any atom is -0.481 e. The van der Waals surface area contributed by atoms with Crippen molar-refractivity contribution in [1.29, 1.82) is 0 Å². The van der Waals surface area contributed by atoms with Crippen molar-refractivity contribution in [3.8, 4) is 0 Å². The van der Waals surface area contributed by atoms with E-state index in [4.69, 9.17) is 5.11 Å². The van der Waals surface area contributed by atoms with E-state index >= 15 is 0 Å². The van der Waals surface area contributed by atoms with E-state index in [-0.39, 0.29) is 0 Å². The second-order valence-corrected chi connectivity index (χ2v) is 3.38. The minimum absolute atomic E-state index is 0.338. The predicted molar refractivity (Wildman–Crippen MR) is 36.5 cm³/mol. The van der Waals surface area contributed by atoms with Gasteiger partial charge in [0.2, 0.25) is 0 Å². The van der Waals surface area contributed by atoms with Crippen molar-refractivity contribution < 1.29 is 9.90 Å². The van der Waals surface area contributed by atoms with E-state index in [1.165, 1.54) is 0 Å². The third-order valence-electron chi connectivity index (χ3n) is 2.98. The van der Waals surface area contributed by atoms with Gasteiger partial charge in [0.1, 0.15) is 0 Å². The highest BCUT2D eigenvalue weighted by molar-refractivity contribution is 5.80. The summed E-state index contributed by atoms with van der Waals surface area (Å²) in [5.41, 5.74) is -0.408. The zero-order chi connectivity index (χ0) is 7.35. The highest BCUT2D eigenvalue weighted by Gasteiger charge is 2.66. The Hall–Kier alpha value is -0.790. The molecule has 0 amide bonds. The maximum Gasteiger partial charge on any atom is 0.310 e. The SMILES string of the molecule is C[C@@]1(C(=O)O)[C@@H]2C=CC[C@@H]21. The molecule has 2 rings (SSSR count). The third-order valence-corrected chi connectivity index (χ3v) is 2.98. The lowest BCUT2D eigenvalue weighted by atomic mass is 10.0. The van der Waals surface area contributed by atoms with Crippen molar-refractivity contribution in [3.05, 3.63) is 12.2 Å². The molecule has 0 radical (unpaired) electrons. The Balaban J connectivity index is 2.24. The molecule has 0 aromatic rings. The number of carboxylic acid groups (broad SMARTS) is 1. The maximum atomic E-state index is 10.7. The summed E-state index contributed by atoms with van der Waals surface area (Å²) in [7, 11) is 0. The average Bonchev–Trinajstić information content (AvgIpc) is 2.28. The Morgan fingerprint density at radius 3 is 2.80 bits per heavy atom. The Bertz CT molecular complexity index is 219. The molecule has 2 aliphatic carbocycles. The topological polar surface area (TPSA) is 37.3 Å². The molecule has 3 atom stereocenters. The van der Waals surface area contributed by atoms with Crippen LogP contribution in [0.15, 0.2) is 12.2 Å². The molecule has 10 heavy (non-hydrogen) atoms. The average molecular weight is 138 g/mol. The molecular weight excluding hydrogens is 128 g/mol. The zero-order valence-electron chi connectivity index (χ0n) is 5.87. The molecule has 0 unspecified atom stereocenters. The van der Waals surface area contributed by atoms with E-state index in [1.54, 1.807) is 0 Å². The molecular formula is C8H10O2. The van der Waals surface area contributed by atoms with E-state index < -0.39 is 11.4 Å². The summed E-state index contributed by atoms with van der Waals surface area (Å²) in [5, 5.41) is 8.78. The number of aliphatic carboxylic acids is 1. The first-order valence-electron chi connectivity index (χ1n) is 3.57. The quantitative estimate of drug-likeness (QED) is 0.554. The fourth-order valence-electron chi connectivity index (χ4n) is 2.04. The number of carboxylic acids is 1. The number of hydrogen-bond acceptors (Lipinski definition) is 1. The minimum atomic E-state index is -0.633. The second kappa shape index (κ2) is 1.44. The number of fused-ring (bicyclic) bond motifs is 1. The summed E-state index contributed by atoms with van der Waals surface area (Å²) in [6, 6.07) is 0. The fourth-order valence-corrected chi connectivity index (χ4v) is 2.04. The number of rotatable bonds is 1.